The van der Waals surface area contributed by atoms with Crippen molar-refractivity contribution in [1.29, 1.82) is 0 Å². The average molecular weight is 549 g/mol. The fraction of sp³-hybridized carbons (Fsp3) is 0.310. The van der Waals surface area contributed by atoms with E-state index < -0.39 is 17.9 Å². The summed E-state index contributed by atoms with van der Waals surface area (Å²) in [6, 6.07) is 11.2. The van der Waals surface area contributed by atoms with Crippen LogP contribution in [0.25, 0.3) is 11.0 Å². The number of para-hydroxylation sites is 1. The van der Waals surface area contributed by atoms with Gasteiger partial charge in [-0.2, -0.15) is 0 Å². The summed E-state index contributed by atoms with van der Waals surface area (Å²) in [7, 11) is 2.82. The third-order valence-corrected chi connectivity index (χ3v) is 7.73. The first-order valence-electron chi connectivity index (χ1n) is 12.5. The van der Waals surface area contributed by atoms with Gasteiger partial charge in [-0.1, -0.05) is 43.4 Å². The van der Waals surface area contributed by atoms with Gasteiger partial charge < -0.3 is 18.6 Å². The van der Waals surface area contributed by atoms with E-state index in [4.69, 9.17) is 18.6 Å². The number of hydrogen-bond acceptors (Lipinski definition) is 9. The van der Waals surface area contributed by atoms with E-state index in [1.165, 1.54) is 19.1 Å². The summed E-state index contributed by atoms with van der Waals surface area (Å²) in [5.41, 5.74) is 1.21. The summed E-state index contributed by atoms with van der Waals surface area (Å²) >= 11 is 1.02. The van der Waals surface area contributed by atoms with Crippen molar-refractivity contribution >= 4 is 39.3 Å². The van der Waals surface area contributed by atoms with Gasteiger partial charge in [-0.25, -0.2) is 9.78 Å². The molecule has 5 rings (SSSR count). The maximum atomic E-state index is 13.9. The highest BCUT2D eigenvalue weighted by Gasteiger charge is 2.45. The van der Waals surface area contributed by atoms with E-state index in [2.05, 4.69) is 18.8 Å². The Balaban J connectivity index is 1.68. The number of hydrogen-bond donors (Lipinski definition) is 0. The largest absolute Gasteiger partial charge is 0.493 e. The molecule has 2 aromatic heterocycles. The summed E-state index contributed by atoms with van der Waals surface area (Å²) in [6.45, 7) is 6.43. The van der Waals surface area contributed by atoms with E-state index in [-0.39, 0.29) is 26.8 Å². The van der Waals surface area contributed by atoms with Gasteiger partial charge in [0.05, 0.1) is 43.5 Å². The van der Waals surface area contributed by atoms with Crippen molar-refractivity contribution in [1.82, 2.24) is 4.98 Å². The maximum absolute atomic E-state index is 13.9. The van der Waals surface area contributed by atoms with Gasteiger partial charge in [0.15, 0.2) is 22.1 Å². The Bertz CT molecular complexity index is 1640. The van der Waals surface area contributed by atoms with Gasteiger partial charge in [0.2, 0.25) is 5.76 Å². The molecule has 0 saturated carbocycles. The van der Waals surface area contributed by atoms with Crippen LogP contribution in [0.3, 0.4) is 0 Å². The van der Waals surface area contributed by atoms with Crippen molar-refractivity contribution in [3.63, 3.8) is 0 Å². The predicted octanol–water partition coefficient (Wildman–Crippen LogP) is 5.53. The first-order chi connectivity index (χ1) is 18.7. The van der Waals surface area contributed by atoms with Crippen molar-refractivity contribution in [2.75, 3.05) is 25.7 Å². The van der Waals surface area contributed by atoms with Gasteiger partial charge in [0.1, 0.15) is 10.5 Å². The smallest absolute Gasteiger partial charge is 0.350 e. The lowest BCUT2D eigenvalue weighted by Crippen LogP contribution is -2.29. The number of aryl methyl sites for hydroxylation is 1. The Morgan fingerprint density at radius 2 is 1.90 bits per heavy atom. The molecule has 1 aliphatic rings. The quantitative estimate of drug-likeness (QED) is 0.265. The molecule has 1 atom stereocenters. The third-order valence-electron chi connectivity index (χ3n) is 6.60. The van der Waals surface area contributed by atoms with E-state index in [9.17, 15) is 14.4 Å². The minimum Gasteiger partial charge on any atom is -0.493 e. The maximum Gasteiger partial charge on any atom is 0.350 e. The fourth-order valence-corrected chi connectivity index (χ4v) is 5.59. The molecule has 0 fully saturated rings. The minimum atomic E-state index is -0.872. The highest BCUT2D eigenvalue weighted by Crippen LogP contribution is 2.44. The molecular formula is C29H28N2O7S. The lowest BCUT2D eigenvalue weighted by molar-refractivity contribution is 0.0605. The second-order valence-electron chi connectivity index (χ2n) is 9.59. The number of carbonyl (C=O) groups excluding carboxylic acids is 2. The van der Waals surface area contributed by atoms with Crippen LogP contribution in [0.1, 0.15) is 63.4 Å². The number of thiazole rings is 1. The molecule has 3 heterocycles. The summed E-state index contributed by atoms with van der Waals surface area (Å²) in [6.07, 6.45) is 0.878. The SMILES string of the molecule is COC(=O)c1sc(N2C(=O)c3oc4ccccc4c(=O)c3[C@@H]2c2ccc(OCCC(C)C)c(OC)c2)nc1C. The standard InChI is InChI=1S/C29H28N2O7S/c1-15(2)12-13-37-20-11-10-17(14-21(20)35-4)23-22-24(32)18-8-6-7-9-19(18)38-25(22)27(33)31(23)29-30-16(3)26(39-29)28(34)36-5/h6-11,14-15,23H,12-13H2,1-5H3/t23-/m0/s1. The molecule has 1 aliphatic heterocycles. The van der Waals surface area contributed by atoms with Gasteiger partial charge in [0.25, 0.3) is 5.91 Å². The lowest BCUT2D eigenvalue weighted by Gasteiger charge is -2.23. The molecule has 0 saturated heterocycles. The van der Waals surface area contributed by atoms with E-state index in [0.29, 0.717) is 46.3 Å². The molecule has 4 aromatic rings. The van der Waals surface area contributed by atoms with Crippen LogP contribution in [-0.2, 0) is 4.74 Å². The number of aromatic nitrogens is 1. The number of ether oxygens (including phenoxy) is 3. The molecule has 2 aromatic carbocycles. The van der Waals surface area contributed by atoms with Crippen LogP contribution in [0.5, 0.6) is 11.5 Å². The Kier molecular flexibility index (Phi) is 7.14. The molecule has 39 heavy (non-hydrogen) atoms. The molecule has 0 radical (unpaired) electrons. The van der Waals surface area contributed by atoms with Crippen molar-refractivity contribution in [2.45, 2.75) is 33.2 Å². The number of anilines is 1. The van der Waals surface area contributed by atoms with Crippen molar-refractivity contribution in [2.24, 2.45) is 5.92 Å². The number of esters is 1. The second kappa shape index (κ2) is 10.5. The van der Waals surface area contributed by atoms with E-state index in [1.54, 1.807) is 49.4 Å². The zero-order valence-corrected chi connectivity index (χ0v) is 23.1. The van der Waals surface area contributed by atoms with Crippen LogP contribution < -0.4 is 19.8 Å². The number of rotatable bonds is 8. The second-order valence-corrected chi connectivity index (χ2v) is 10.6. The normalized spacial score (nSPS) is 14.7. The van der Waals surface area contributed by atoms with Crippen molar-refractivity contribution in [3.8, 4) is 11.5 Å². The molecule has 9 nitrogen and oxygen atoms in total. The van der Waals surface area contributed by atoms with Crippen LogP contribution in [0.4, 0.5) is 5.13 Å². The zero-order chi connectivity index (χ0) is 27.8. The minimum absolute atomic E-state index is 0.0626. The number of fused-ring (bicyclic) bond motifs is 2. The number of methoxy groups -OCH3 is 2. The third kappa shape index (κ3) is 4.65. The molecule has 10 heteroatoms. The Morgan fingerprint density at radius 1 is 1.13 bits per heavy atom. The van der Waals surface area contributed by atoms with Gasteiger partial charge in [-0.05, 0) is 49.1 Å². The highest BCUT2D eigenvalue weighted by atomic mass is 32.1. The van der Waals surface area contributed by atoms with Gasteiger partial charge in [-0.15, -0.1) is 0 Å². The fourth-order valence-electron chi connectivity index (χ4n) is 4.58. The lowest BCUT2D eigenvalue weighted by atomic mass is 9.98. The Labute approximate surface area is 228 Å². The van der Waals surface area contributed by atoms with Gasteiger partial charge >= 0.3 is 5.97 Å². The van der Waals surface area contributed by atoms with Crippen LogP contribution in [-0.4, -0.2) is 37.7 Å². The number of nitrogens with zero attached hydrogens (tertiary/aromatic N) is 2. The van der Waals surface area contributed by atoms with Crippen LogP contribution in [0, 0.1) is 12.8 Å². The predicted molar refractivity (Wildman–Crippen MR) is 147 cm³/mol. The summed E-state index contributed by atoms with van der Waals surface area (Å²) in [5, 5.41) is 0.607. The molecule has 0 spiro atoms. The van der Waals surface area contributed by atoms with Gasteiger partial charge in [-0.3, -0.25) is 14.5 Å². The molecule has 202 valence electrons. The molecule has 0 aliphatic carbocycles. The highest BCUT2D eigenvalue weighted by molar-refractivity contribution is 7.17. The summed E-state index contributed by atoms with van der Waals surface area (Å²) in [5.74, 6) is 0.359. The Morgan fingerprint density at radius 3 is 2.62 bits per heavy atom. The summed E-state index contributed by atoms with van der Waals surface area (Å²) in [4.78, 5) is 46.1. The number of amides is 1. The first-order valence-corrected chi connectivity index (χ1v) is 13.3. The molecule has 0 unspecified atom stereocenters. The number of carbonyl (C=O) groups is 2. The molecule has 1 amide bonds. The van der Waals surface area contributed by atoms with E-state index >= 15 is 0 Å². The summed E-state index contributed by atoms with van der Waals surface area (Å²) < 4.78 is 22.5. The topological polar surface area (TPSA) is 108 Å². The van der Waals surface area contributed by atoms with Crippen LogP contribution in [0.15, 0.2) is 51.7 Å². The average Bonchev–Trinajstić information content (AvgIpc) is 3.45. The first kappa shape index (κ1) is 26.4. The number of benzene rings is 2. The monoisotopic (exact) mass is 548 g/mol. The van der Waals surface area contributed by atoms with E-state index in [1.807, 2.05) is 0 Å². The Hall–Kier alpha value is -4.18. The van der Waals surface area contributed by atoms with Crippen LogP contribution >= 0.6 is 11.3 Å². The van der Waals surface area contributed by atoms with Crippen molar-refractivity contribution in [3.05, 3.63) is 80.1 Å². The molecule has 0 bridgehead atoms. The van der Waals surface area contributed by atoms with Gasteiger partial charge in [0, 0.05) is 0 Å². The van der Waals surface area contributed by atoms with E-state index in [0.717, 1.165) is 17.8 Å². The van der Waals surface area contributed by atoms with Crippen LogP contribution in [0.2, 0.25) is 0 Å². The molecular weight excluding hydrogens is 520 g/mol. The zero-order valence-electron chi connectivity index (χ0n) is 22.3. The molecule has 0 N–H and O–H groups in total. The van der Waals surface area contributed by atoms with Crippen molar-refractivity contribution < 1.29 is 28.2 Å².